The standard InChI is InChI=1S/C44H54O8S/c1-3-47-40(45)23-15-8-16-28-48-38-26-24-37(25-27-38)32-51-43-42(50-31-36-21-13-7-14-22-36)41(49-30-35-19-11-6-12-20-35)39(52-44(43)53-4-2)33-46-29-34-17-9-5-10-18-34/h5-7,9-14,17-22,24-27,39,41-44H,3-4,8,15-16,23,28-33H2,1-2H3/t39-,41-,42+,43+,44-/m1/s1. The highest BCUT2D eigenvalue weighted by atomic mass is 32.2. The fourth-order valence-corrected chi connectivity index (χ4v) is 7.10. The summed E-state index contributed by atoms with van der Waals surface area (Å²) < 4.78 is 44.4. The predicted octanol–water partition coefficient (Wildman–Crippen LogP) is 8.94. The summed E-state index contributed by atoms with van der Waals surface area (Å²) in [5, 5.41) is 0. The molecule has 1 saturated heterocycles. The first-order valence-electron chi connectivity index (χ1n) is 18.8. The summed E-state index contributed by atoms with van der Waals surface area (Å²) >= 11 is 1.71. The Morgan fingerprint density at radius 2 is 1.17 bits per heavy atom. The second-order valence-corrected chi connectivity index (χ2v) is 14.3. The second kappa shape index (κ2) is 23.2. The van der Waals surface area contributed by atoms with Crippen LogP contribution in [-0.2, 0) is 59.6 Å². The number of hydrogen-bond donors (Lipinski definition) is 0. The van der Waals surface area contributed by atoms with Gasteiger partial charge in [0, 0.05) is 6.42 Å². The topological polar surface area (TPSA) is 81.7 Å². The number of esters is 1. The van der Waals surface area contributed by atoms with Gasteiger partial charge in [0.2, 0.25) is 0 Å². The molecule has 0 saturated carbocycles. The number of carbonyl (C=O) groups excluding carboxylic acids is 1. The molecule has 0 spiro atoms. The monoisotopic (exact) mass is 742 g/mol. The van der Waals surface area contributed by atoms with E-state index < -0.39 is 18.3 Å². The van der Waals surface area contributed by atoms with Crippen molar-refractivity contribution >= 4 is 17.7 Å². The molecular weight excluding hydrogens is 689 g/mol. The normalized spacial score (nSPS) is 19.8. The molecule has 0 radical (unpaired) electrons. The Bertz CT molecular complexity index is 1560. The lowest BCUT2D eigenvalue weighted by Crippen LogP contribution is -2.60. The Kier molecular flexibility index (Phi) is 17.7. The van der Waals surface area contributed by atoms with Crippen molar-refractivity contribution in [3.63, 3.8) is 0 Å². The summed E-state index contributed by atoms with van der Waals surface area (Å²) in [6.45, 7) is 6.97. The van der Waals surface area contributed by atoms with Crippen molar-refractivity contribution in [2.45, 2.75) is 95.8 Å². The average molecular weight is 743 g/mol. The third-order valence-corrected chi connectivity index (χ3v) is 9.89. The van der Waals surface area contributed by atoms with E-state index in [2.05, 4.69) is 43.3 Å². The SMILES string of the molecule is CCOC(=O)CCCCCOc1ccc(CO[C@H]2[C@@H](OCc3ccccc3)[C@H](OCc3ccccc3)[C@@H](COCc3ccccc3)O[C@@H]2SCC)cc1. The van der Waals surface area contributed by atoms with Crippen LogP contribution in [0.3, 0.4) is 0 Å². The van der Waals surface area contributed by atoms with Gasteiger partial charge in [0.05, 0.1) is 46.2 Å². The maximum atomic E-state index is 11.5. The number of benzene rings is 4. The van der Waals surface area contributed by atoms with Crippen molar-refractivity contribution in [1.82, 2.24) is 0 Å². The fourth-order valence-electron chi connectivity index (χ4n) is 6.12. The van der Waals surface area contributed by atoms with E-state index in [1.54, 1.807) is 11.8 Å². The van der Waals surface area contributed by atoms with Gasteiger partial charge in [-0.2, -0.15) is 0 Å². The summed E-state index contributed by atoms with van der Waals surface area (Å²) in [7, 11) is 0. The molecule has 0 N–H and O–H groups in total. The van der Waals surface area contributed by atoms with Crippen LogP contribution in [0.4, 0.5) is 0 Å². The van der Waals surface area contributed by atoms with E-state index in [9.17, 15) is 4.79 Å². The van der Waals surface area contributed by atoms with Crippen LogP contribution in [-0.4, -0.2) is 61.4 Å². The zero-order valence-electron chi connectivity index (χ0n) is 31.0. The Labute approximate surface area is 319 Å². The largest absolute Gasteiger partial charge is 0.494 e. The Balaban J connectivity index is 1.27. The maximum absolute atomic E-state index is 11.5. The van der Waals surface area contributed by atoms with Gasteiger partial charge in [-0.05, 0) is 66.3 Å². The lowest BCUT2D eigenvalue weighted by Gasteiger charge is -2.46. The van der Waals surface area contributed by atoms with Gasteiger partial charge in [0.15, 0.2) is 0 Å². The molecule has 1 fully saturated rings. The van der Waals surface area contributed by atoms with Gasteiger partial charge in [0.25, 0.3) is 0 Å². The number of thioether (sulfide) groups is 1. The van der Waals surface area contributed by atoms with Gasteiger partial charge in [0.1, 0.15) is 35.6 Å². The van der Waals surface area contributed by atoms with E-state index >= 15 is 0 Å². The molecule has 53 heavy (non-hydrogen) atoms. The van der Waals surface area contributed by atoms with Crippen molar-refractivity contribution in [2.75, 3.05) is 25.6 Å². The highest BCUT2D eigenvalue weighted by Crippen LogP contribution is 2.35. The van der Waals surface area contributed by atoms with Crippen LogP contribution < -0.4 is 4.74 Å². The van der Waals surface area contributed by atoms with Crippen LogP contribution in [0.15, 0.2) is 115 Å². The van der Waals surface area contributed by atoms with Crippen LogP contribution >= 0.6 is 11.8 Å². The van der Waals surface area contributed by atoms with E-state index in [0.717, 1.165) is 53.0 Å². The highest BCUT2D eigenvalue weighted by molar-refractivity contribution is 7.99. The molecule has 5 atom stereocenters. The third-order valence-electron chi connectivity index (χ3n) is 8.85. The summed E-state index contributed by atoms with van der Waals surface area (Å²) in [5.74, 6) is 1.51. The van der Waals surface area contributed by atoms with E-state index in [4.69, 9.17) is 33.2 Å². The Hall–Kier alpha value is -3.70. The van der Waals surface area contributed by atoms with Crippen molar-refractivity contribution in [3.05, 3.63) is 138 Å². The van der Waals surface area contributed by atoms with E-state index in [1.807, 2.05) is 85.8 Å². The van der Waals surface area contributed by atoms with E-state index in [1.165, 1.54) is 0 Å². The second-order valence-electron chi connectivity index (χ2n) is 12.9. The number of rotatable bonds is 23. The van der Waals surface area contributed by atoms with E-state index in [-0.39, 0.29) is 17.5 Å². The van der Waals surface area contributed by atoms with Crippen molar-refractivity contribution < 1.29 is 38.0 Å². The zero-order chi connectivity index (χ0) is 36.9. The highest BCUT2D eigenvalue weighted by Gasteiger charge is 2.48. The summed E-state index contributed by atoms with van der Waals surface area (Å²) in [6.07, 6.45) is 1.35. The molecule has 0 unspecified atom stereocenters. The third kappa shape index (κ3) is 13.9. The van der Waals surface area contributed by atoms with Crippen LogP contribution in [0.2, 0.25) is 0 Å². The summed E-state index contributed by atoms with van der Waals surface area (Å²) in [4.78, 5) is 11.5. The van der Waals surface area contributed by atoms with Crippen molar-refractivity contribution in [1.29, 1.82) is 0 Å². The molecule has 4 aromatic carbocycles. The van der Waals surface area contributed by atoms with Gasteiger partial charge in [-0.25, -0.2) is 0 Å². The van der Waals surface area contributed by atoms with Gasteiger partial charge < -0.3 is 33.2 Å². The molecule has 0 bridgehead atoms. The minimum atomic E-state index is -0.457. The number of carbonyl (C=O) groups is 1. The first-order chi connectivity index (χ1) is 26.1. The van der Waals surface area contributed by atoms with Gasteiger partial charge in [-0.1, -0.05) is 110 Å². The van der Waals surface area contributed by atoms with E-state index in [0.29, 0.717) is 52.7 Å². The average Bonchev–Trinajstić information content (AvgIpc) is 3.19. The van der Waals surface area contributed by atoms with Crippen LogP contribution in [0, 0.1) is 0 Å². The lowest BCUT2D eigenvalue weighted by atomic mass is 9.98. The molecule has 0 amide bonds. The minimum Gasteiger partial charge on any atom is -0.494 e. The Morgan fingerprint density at radius 1 is 0.623 bits per heavy atom. The van der Waals surface area contributed by atoms with Gasteiger partial charge >= 0.3 is 5.97 Å². The number of unbranched alkanes of at least 4 members (excludes halogenated alkanes) is 2. The van der Waals surface area contributed by atoms with Crippen LogP contribution in [0.1, 0.15) is 61.8 Å². The molecule has 1 aliphatic heterocycles. The summed E-state index contributed by atoms with van der Waals surface area (Å²) in [5.41, 5.74) is 3.97. The van der Waals surface area contributed by atoms with Gasteiger partial charge in [-0.3, -0.25) is 4.79 Å². The molecule has 1 aliphatic rings. The van der Waals surface area contributed by atoms with Gasteiger partial charge in [-0.15, -0.1) is 11.8 Å². The quantitative estimate of drug-likeness (QED) is 0.0547. The molecule has 0 aromatic heterocycles. The number of hydrogen-bond acceptors (Lipinski definition) is 9. The zero-order valence-corrected chi connectivity index (χ0v) is 31.8. The van der Waals surface area contributed by atoms with Crippen molar-refractivity contribution in [2.24, 2.45) is 0 Å². The molecule has 1 heterocycles. The molecule has 8 nitrogen and oxygen atoms in total. The molecule has 5 rings (SSSR count). The predicted molar refractivity (Wildman–Crippen MR) is 209 cm³/mol. The number of ether oxygens (including phenoxy) is 7. The smallest absolute Gasteiger partial charge is 0.305 e. The van der Waals surface area contributed by atoms with Crippen LogP contribution in [0.5, 0.6) is 5.75 Å². The molecule has 4 aromatic rings. The molecule has 9 heteroatoms. The summed E-state index contributed by atoms with van der Waals surface area (Å²) in [6, 6.07) is 38.5. The maximum Gasteiger partial charge on any atom is 0.305 e. The first kappa shape index (κ1) is 40.5. The minimum absolute atomic E-state index is 0.136. The lowest BCUT2D eigenvalue weighted by molar-refractivity contribution is -0.254. The molecule has 0 aliphatic carbocycles. The molecule has 284 valence electrons. The first-order valence-corrected chi connectivity index (χ1v) is 19.9. The fraction of sp³-hybridized carbons (Fsp3) is 0.432. The van der Waals surface area contributed by atoms with Crippen LogP contribution in [0.25, 0.3) is 0 Å². The Morgan fingerprint density at radius 3 is 1.75 bits per heavy atom. The molecular formula is C44H54O8S. The van der Waals surface area contributed by atoms with Crippen molar-refractivity contribution in [3.8, 4) is 5.75 Å².